The number of nitrogens with zero attached hydrogens (tertiary/aromatic N) is 6. The Morgan fingerprint density at radius 1 is 1.17 bits per heavy atom. The van der Waals surface area contributed by atoms with E-state index in [-0.39, 0.29) is 12.2 Å². The van der Waals surface area contributed by atoms with Crippen LogP contribution in [0.2, 0.25) is 0 Å². The summed E-state index contributed by atoms with van der Waals surface area (Å²) in [5.41, 5.74) is 3.41. The molecule has 0 saturated heterocycles. The maximum absolute atomic E-state index is 13.4. The van der Waals surface area contributed by atoms with Crippen molar-refractivity contribution in [1.29, 1.82) is 0 Å². The van der Waals surface area contributed by atoms with Crippen LogP contribution in [-0.4, -0.2) is 42.1 Å². The Balaban J connectivity index is 0.00000176. The lowest BCUT2D eigenvalue weighted by Gasteiger charge is -2.28. The standard InChI is InChI=1S/C25H28N6O3.C2H6/c1-16-17(2)28-31-21(13-20(15-32)27-22(16)31)30(24(33)34-25(3,4)5)14-18-8-7-9-19(12-18)23-26-10-11-29(23)6;1-2/h7-13,15H,14H2,1-6H3;1-2H3. The van der Waals surface area contributed by atoms with Gasteiger partial charge in [-0.3, -0.25) is 9.69 Å². The van der Waals surface area contributed by atoms with E-state index in [2.05, 4.69) is 15.1 Å². The molecule has 3 heterocycles. The molecule has 36 heavy (non-hydrogen) atoms. The summed E-state index contributed by atoms with van der Waals surface area (Å²) in [5.74, 6) is 1.22. The van der Waals surface area contributed by atoms with Gasteiger partial charge in [0.1, 0.15) is 22.9 Å². The van der Waals surface area contributed by atoms with Gasteiger partial charge in [0.25, 0.3) is 0 Å². The fourth-order valence-electron chi connectivity index (χ4n) is 3.68. The van der Waals surface area contributed by atoms with Crippen LogP contribution in [0.5, 0.6) is 0 Å². The predicted octanol–water partition coefficient (Wildman–Crippen LogP) is 5.53. The van der Waals surface area contributed by atoms with E-state index in [4.69, 9.17) is 4.74 Å². The molecule has 3 aromatic heterocycles. The molecule has 0 aliphatic rings. The van der Waals surface area contributed by atoms with E-state index in [9.17, 15) is 9.59 Å². The number of rotatable bonds is 5. The molecule has 9 heteroatoms. The molecule has 0 fully saturated rings. The number of hydrogen-bond acceptors (Lipinski definition) is 6. The van der Waals surface area contributed by atoms with Gasteiger partial charge in [0.2, 0.25) is 0 Å². The first kappa shape index (κ1) is 26.6. The molecule has 0 N–H and O–H groups in total. The van der Waals surface area contributed by atoms with Gasteiger partial charge >= 0.3 is 6.09 Å². The molecule has 0 aliphatic heterocycles. The minimum atomic E-state index is -0.709. The molecule has 9 nitrogen and oxygen atoms in total. The van der Waals surface area contributed by atoms with Crippen molar-refractivity contribution < 1.29 is 14.3 Å². The van der Waals surface area contributed by atoms with Crippen LogP contribution in [0.25, 0.3) is 17.0 Å². The number of imidazole rings is 1. The molecular weight excluding hydrogens is 456 g/mol. The molecule has 0 saturated carbocycles. The van der Waals surface area contributed by atoms with Crippen LogP contribution in [0.1, 0.15) is 61.9 Å². The highest BCUT2D eigenvalue weighted by molar-refractivity contribution is 5.89. The number of benzene rings is 1. The predicted molar refractivity (Wildman–Crippen MR) is 140 cm³/mol. The fourth-order valence-corrected chi connectivity index (χ4v) is 3.68. The molecular formula is C27H34N6O3. The molecule has 0 atom stereocenters. The minimum Gasteiger partial charge on any atom is -0.443 e. The van der Waals surface area contributed by atoms with Gasteiger partial charge in [-0.15, -0.1) is 0 Å². The Morgan fingerprint density at radius 3 is 2.50 bits per heavy atom. The van der Waals surface area contributed by atoms with Crippen LogP contribution < -0.4 is 4.90 Å². The number of ether oxygens (including phenoxy) is 1. The van der Waals surface area contributed by atoms with Gasteiger partial charge in [-0.2, -0.15) is 9.61 Å². The summed E-state index contributed by atoms with van der Waals surface area (Å²) in [7, 11) is 1.93. The molecule has 190 valence electrons. The second-order valence-electron chi connectivity index (χ2n) is 9.23. The molecule has 0 bridgehead atoms. The number of aromatic nitrogens is 5. The number of aldehydes is 1. The maximum atomic E-state index is 13.4. The lowest BCUT2D eigenvalue weighted by Crippen LogP contribution is -2.37. The summed E-state index contributed by atoms with van der Waals surface area (Å²) < 4.78 is 9.25. The minimum absolute atomic E-state index is 0.197. The molecule has 0 unspecified atom stereocenters. The third-order valence-corrected chi connectivity index (χ3v) is 5.42. The average Bonchev–Trinajstić information content (AvgIpc) is 3.40. The van der Waals surface area contributed by atoms with Crippen molar-refractivity contribution in [1.82, 2.24) is 24.1 Å². The normalized spacial score (nSPS) is 11.1. The van der Waals surface area contributed by atoms with E-state index in [1.54, 1.807) is 16.8 Å². The van der Waals surface area contributed by atoms with Gasteiger partial charge in [-0.05, 0) is 46.2 Å². The molecule has 4 rings (SSSR count). The number of anilines is 1. The first-order valence-corrected chi connectivity index (χ1v) is 12.0. The van der Waals surface area contributed by atoms with E-state index in [0.29, 0.717) is 17.8 Å². The molecule has 0 radical (unpaired) electrons. The summed E-state index contributed by atoms with van der Waals surface area (Å²) in [5, 5.41) is 4.57. The number of aryl methyl sites for hydroxylation is 3. The second kappa shape index (κ2) is 10.7. The number of fused-ring (bicyclic) bond motifs is 1. The monoisotopic (exact) mass is 490 g/mol. The number of hydrogen-bond donors (Lipinski definition) is 0. The van der Waals surface area contributed by atoms with Crippen molar-refractivity contribution in [2.45, 2.75) is 60.6 Å². The number of amides is 1. The van der Waals surface area contributed by atoms with Crippen molar-refractivity contribution in [3.05, 3.63) is 65.2 Å². The highest BCUT2D eigenvalue weighted by Gasteiger charge is 2.27. The van der Waals surface area contributed by atoms with Crippen molar-refractivity contribution >= 4 is 23.8 Å². The Labute approximate surface area is 211 Å². The van der Waals surface area contributed by atoms with E-state index in [0.717, 1.165) is 28.2 Å². The number of carbonyl (C=O) groups is 2. The van der Waals surface area contributed by atoms with Crippen molar-refractivity contribution in [3.63, 3.8) is 0 Å². The zero-order valence-electron chi connectivity index (χ0n) is 22.2. The summed E-state index contributed by atoms with van der Waals surface area (Å²) in [6.45, 7) is 13.4. The van der Waals surface area contributed by atoms with Crippen molar-refractivity contribution in [2.24, 2.45) is 7.05 Å². The molecule has 4 aromatic rings. The maximum Gasteiger partial charge on any atom is 0.416 e. The largest absolute Gasteiger partial charge is 0.443 e. The Morgan fingerprint density at radius 2 is 1.89 bits per heavy atom. The summed E-state index contributed by atoms with van der Waals surface area (Å²) in [6.07, 6.45) is 3.74. The van der Waals surface area contributed by atoms with Crippen molar-refractivity contribution in [3.8, 4) is 11.4 Å². The average molecular weight is 491 g/mol. The van der Waals surface area contributed by atoms with Gasteiger partial charge in [0, 0.05) is 36.6 Å². The van der Waals surface area contributed by atoms with Crippen molar-refractivity contribution in [2.75, 3.05) is 4.90 Å². The topological polar surface area (TPSA) is 94.6 Å². The lowest BCUT2D eigenvalue weighted by atomic mass is 10.1. The summed E-state index contributed by atoms with van der Waals surface area (Å²) in [6, 6.07) is 9.37. The van der Waals surface area contributed by atoms with E-state index < -0.39 is 11.7 Å². The van der Waals surface area contributed by atoms with Gasteiger partial charge < -0.3 is 9.30 Å². The van der Waals surface area contributed by atoms with Crippen LogP contribution in [-0.2, 0) is 18.3 Å². The fraction of sp³-hybridized carbons (Fsp3) is 0.370. The second-order valence-corrected chi connectivity index (χ2v) is 9.23. The van der Waals surface area contributed by atoms with E-state index in [1.807, 2.05) is 90.5 Å². The molecule has 0 aliphatic carbocycles. The van der Waals surface area contributed by atoms with Gasteiger partial charge in [-0.1, -0.05) is 32.0 Å². The van der Waals surface area contributed by atoms with Gasteiger partial charge in [-0.25, -0.2) is 14.8 Å². The van der Waals surface area contributed by atoms with Gasteiger partial charge in [0.15, 0.2) is 11.9 Å². The first-order chi connectivity index (χ1) is 17.1. The Bertz CT molecular complexity index is 1380. The third kappa shape index (κ3) is 5.62. The van der Waals surface area contributed by atoms with E-state index >= 15 is 0 Å². The van der Waals surface area contributed by atoms with Crippen LogP contribution in [0, 0.1) is 13.8 Å². The Hall–Kier alpha value is -4.01. The molecule has 1 aromatic carbocycles. The third-order valence-electron chi connectivity index (χ3n) is 5.42. The summed E-state index contributed by atoms with van der Waals surface area (Å²) in [4.78, 5) is 35.4. The quantitative estimate of drug-likeness (QED) is 0.342. The summed E-state index contributed by atoms with van der Waals surface area (Å²) >= 11 is 0. The molecule has 0 spiro atoms. The zero-order chi connectivity index (χ0) is 26.6. The smallest absolute Gasteiger partial charge is 0.416 e. The zero-order valence-corrected chi connectivity index (χ0v) is 22.2. The van der Waals surface area contributed by atoms with Crippen LogP contribution >= 0.6 is 0 Å². The highest BCUT2D eigenvalue weighted by Crippen LogP contribution is 2.26. The first-order valence-electron chi connectivity index (χ1n) is 12.0. The van der Waals surface area contributed by atoms with Crippen LogP contribution in [0.3, 0.4) is 0 Å². The lowest BCUT2D eigenvalue weighted by molar-refractivity contribution is 0.0575. The Kier molecular flexibility index (Phi) is 7.92. The number of carbonyl (C=O) groups excluding carboxylic acids is 2. The van der Waals surface area contributed by atoms with E-state index in [1.165, 1.54) is 4.90 Å². The van der Waals surface area contributed by atoms with Crippen LogP contribution in [0.4, 0.5) is 10.6 Å². The highest BCUT2D eigenvalue weighted by atomic mass is 16.6. The molecule has 1 amide bonds. The van der Waals surface area contributed by atoms with Gasteiger partial charge in [0.05, 0.1) is 12.2 Å². The van der Waals surface area contributed by atoms with Crippen LogP contribution in [0.15, 0.2) is 42.7 Å². The SMILES string of the molecule is CC.Cc1nn2c(N(Cc3cccc(-c4nccn4C)c3)C(=O)OC(C)(C)C)cc(C=O)nc2c1C.